The van der Waals surface area contributed by atoms with Gasteiger partial charge in [-0.15, -0.1) is 0 Å². The van der Waals surface area contributed by atoms with E-state index in [4.69, 9.17) is 5.73 Å². The highest BCUT2D eigenvalue weighted by molar-refractivity contribution is 9.11. The van der Waals surface area contributed by atoms with Crippen LogP contribution >= 0.6 is 31.9 Å². The van der Waals surface area contributed by atoms with Crippen molar-refractivity contribution in [1.29, 1.82) is 0 Å². The number of carbonyl (C=O) groups is 1. The second kappa shape index (κ2) is 5.93. The van der Waals surface area contributed by atoms with E-state index in [0.717, 1.165) is 14.6 Å². The zero-order valence-electron chi connectivity index (χ0n) is 11.0. The maximum Gasteiger partial charge on any atom is 0.257 e. The van der Waals surface area contributed by atoms with E-state index < -0.39 is 0 Å². The minimum absolute atomic E-state index is 0.207. The maximum atomic E-state index is 12.3. The highest BCUT2D eigenvalue weighted by atomic mass is 79.9. The summed E-state index contributed by atoms with van der Waals surface area (Å²) in [4.78, 5) is 16.6. The van der Waals surface area contributed by atoms with Crippen LogP contribution in [0.1, 0.15) is 21.7 Å². The van der Waals surface area contributed by atoms with Crippen molar-refractivity contribution in [2.75, 3.05) is 11.1 Å². The summed E-state index contributed by atoms with van der Waals surface area (Å²) < 4.78 is 1.44. The molecule has 0 spiro atoms. The van der Waals surface area contributed by atoms with E-state index in [1.165, 1.54) is 0 Å². The fourth-order valence-corrected chi connectivity index (χ4v) is 3.24. The van der Waals surface area contributed by atoms with E-state index in [-0.39, 0.29) is 5.91 Å². The average Bonchev–Trinajstić information content (AvgIpc) is 2.33. The fraction of sp³-hybridized carbons (Fsp3) is 0.143. The first-order valence-electron chi connectivity index (χ1n) is 5.88. The van der Waals surface area contributed by atoms with Gasteiger partial charge in [0.1, 0.15) is 0 Å². The summed E-state index contributed by atoms with van der Waals surface area (Å²) >= 11 is 6.78. The number of pyridine rings is 1. The number of aryl methyl sites for hydroxylation is 2. The molecule has 3 N–H and O–H groups in total. The molecule has 0 unspecified atom stereocenters. The summed E-state index contributed by atoms with van der Waals surface area (Å²) in [5.74, 6) is -0.207. The number of anilines is 2. The molecule has 0 aliphatic carbocycles. The van der Waals surface area contributed by atoms with Crippen LogP contribution in [0.4, 0.5) is 11.4 Å². The lowest BCUT2D eigenvalue weighted by atomic mass is 10.1. The maximum absolute atomic E-state index is 12.3. The molecule has 6 heteroatoms. The number of halogens is 2. The zero-order valence-corrected chi connectivity index (χ0v) is 14.2. The van der Waals surface area contributed by atoms with Gasteiger partial charge in [0.25, 0.3) is 5.91 Å². The molecule has 0 bridgehead atoms. The summed E-state index contributed by atoms with van der Waals surface area (Å²) in [6.45, 7) is 3.71. The van der Waals surface area contributed by atoms with Gasteiger partial charge in [0, 0.05) is 20.3 Å². The summed E-state index contributed by atoms with van der Waals surface area (Å²) in [5.41, 5.74) is 9.11. The van der Waals surface area contributed by atoms with Crippen LogP contribution in [-0.2, 0) is 0 Å². The third-order valence-electron chi connectivity index (χ3n) is 2.77. The van der Waals surface area contributed by atoms with Gasteiger partial charge in [-0.1, -0.05) is 0 Å². The average molecular weight is 399 g/mol. The number of nitrogens with one attached hydrogen (secondary N) is 1. The molecule has 0 saturated heterocycles. The fourth-order valence-electron chi connectivity index (χ4n) is 1.82. The van der Waals surface area contributed by atoms with Crippen molar-refractivity contribution >= 4 is 49.1 Å². The second-order valence-electron chi connectivity index (χ2n) is 4.40. The van der Waals surface area contributed by atoms with Gasteiger partial charge in [0.15, 0.2) is 0 Å². The molecule has 0 fully saturated rings. The molecular formula is C14H13Br2N3O. The minimum atomic E-state index is -0.207. The molecule has 1 aromatic heterocycles. The van der Waals surface area contributed by atoms with E-state index in [0.29, 0.717) is 22.6 Å². The second-order valence-corrected chi connectivity index (χ2v) is 6.11. The van der Waals surface area contributed by atoms with Crippen LogP contribution < -0.4 is 11.1 Å². The van der Waals surface area contributed by atoms with Gasteiger partial charge in [0.2, 0.25) is 0 Å². The number of nitrogens with two attached hydrogens (primary N) is 1. The molecule has 104 valence electrons. The number of benzene rings is 1. The van der Waals surface area contributed by atoms with E-state index in [1.54, 1.807) is 18.2 Å². The Morgan fingerprint density at radius 3 is 2.35 bits per heavy atom. The molecule has 0 aliphatic heterocycles. The lowest BCUT2D eigenvalue weighted by Gasteiger charge is -2.12. The molecule has 2 rings (SSSR count). The molecule has 0 saturated carbocycles. The Kier molecular flexibility index (Phi) is 4.45. The monoisotopic (exact) mass is 397 g/mol. The number of hydrogen-bond donors (Lipinski definition) is 2. The first-order valence-corrected chi connectivity index (χ1v) is 7.47. The van der Waals surface area contributed by atoms with Gasteiger partial charge in [0.05, 0.1) is 16.9 Å². The lowest BCUT2D eigenvalue weighted by Crippen LogP contribution is -2.15. The van der Waals surface area contributed by atoms with Gasteiger partial charge in [-0.05, 0) is 70.0 Å². The van der Waals surface area contributed by atoms with Gasteiger partial charge in [-0.2, -0.15) is 0 Å². The van der Waals surface area contributed by atoms with Crippen molar-refractivity contribution in [2.45, 2.75) is 13.8 Å². The van der Waals surface area contributed by atoms with E-state index in [9.17, 15) is 4.79 Å². The first-order chi connectivity index (χ1) is 9.38. The molecule has 2 aromatic rings. The molecule has 0 atom stereocenters. The summed E-state index contributed by atoms with van der Waals surface area (Å²) in [7, 11) is 0. The Morgan fingerprint density at radius 2 is 1.80 bits per heavy atom. The number of nitrogens with zero attached hydrogens (tertiary/aromatic N) is 1. The van der Waals surface area contributed by atoms with Crippen molar-refractivity contribution in [1.82, 2.24) is 4.98 Å². The van der Waals surface area contributed by atoms with Gasteiger partial charge in [-0.25, -0.2) is 0 Å². The van der Waals surface area contributed by atoms with Crippen LogP contribution in [0.2, 0.25) is 0 Å². The summed E-state index contributed by atoms with van der Waals surface area (Å²) in [6.07, 6.45) is 0. The Bertz CT molecular complexity index is 663. The predicted molar refractivity (Wildman–Crippen MR) is 87.9 cm³/mol. The molecular weight excluding hydrogens is 386 g/mol. The number of amides is 1. The van der Waals surface area contributed by atoms with Crippen LogP contribution in [-0.4, -0.2) is 10.9 Å². The number of aromatic nitrogens is 1. The quantitative estimate of drug-likeness (QED) is 0.749. The van der Waals surface area contributed by atoms with Gasteiger partial charge < -0.3 is 11.1 Å². The summed E-state index contributed by atoms with van der Waals surface area (Å²) in [5, 5.41) is 2.85. The van der Waals surface area contributed by atoms with E-state index in [2.05, 4.69) is 42.2 Å². The van der Waals surface area contributed by atoms with Crippen LogP contribution in [0.15, 0.2) is 33.2 Å². The van der Waals surface area contributed by atoms with Crippen molar-refractivity contribution in [3.63, 3.8) is 0 Å². The highest BCUT2D eigenvalue weighted by Crippen LogP contribution is 2.33. The minimum Gasteiger partial charge on any atom is -0.399 e. The SMILES string of the molecule is Cc1ccc(C(=O)Nc2c(Br)cc(N)cc2Br)c(C)n1. The molecule has 1 heterocycles. The summed E-state index contributed by atoms with van der Waals surface area (Å²) in [6, 6.07) is 7.06. The topological polar surface area (TPSA) is 68.0 Å². The Balaban J connectivity index is 2.33. The number of rotatable bonds is 2. The third kappa shape index (κ3) is 3.19. The first kappa shape index (κ1) is 15.0. The van der Waals surface area contributed by atoms with Gasteiger partial charge >= 0.3 is 0 Å². The van der Waals surface area contributed by atoms with Crippen LogP contribution in [0.25, 0.3) is 0 Å². The van der Waals surface area contributed by atoms with Crippen molar-refractivity contribution in [3.8, 4) is 0 Å². The lowest BCUT2D eigenvalue weighted by molar-refractivity contribution is 0.102. The zero-order chi connectivity index (χ0) is 14.9. The van der Waals surface area contributed by atoms with Crippen molar-refractivity contribution in [2.24, 2.45) is 0 Å². The number of carbonyl (C=O) groups excluding carboxylic acids is 1. The highest BCUT2D eigenvalue weighted by Gasteiger charge is 2.14. The molecule has 4 nitrogen and oxygen atoms in total. The normalized spacial score (nSPS) is 10.4. The number of hydrogen-bond acceptors (Lipinski definition) is 3. The van der Waals surface area contributed by atoms with Gasteiger partial charge in [-0.3, -0.25) is 9.78 Å². The molecule has 0 radical (unpaired) electrons. The smallest absolute Gasteiger partial charge is 0.257 e. The Morgan fingerprint density at radius 1 is 1.20 bits per heavy atom. The molecule has 0 aliphatic rings. The van der Waals surface area contributed by atoms with Crippen LogP contribution in [0.3, 0.4) is 0 Å². The van der Waals surface area contributed by atoms with E-state index >= 15 is 0 Å². The molecule has 1 amide bonds. The standard InChI is InChI=1S/C14H13Br2N3O/c1-7-3-4-10(8(2)18-7)14(20)19-13-11(15)5-9(17)6-12(13)16/h3-6H,17H2,1-2H3,(H,19,20). The van der Waals surface area contributed by atoms with E-state index in [1.807, 2.05) is 19.9 Å². The molecule has 1 aromatic carbocycles. The predicted octanol–water partition coefficient (Wildman–Crippen LogP) is 4.06. The third-order valence-corrected chi connectivity index (χ3v) is 4.02. The number of nitrogen functional groups attached to an aromatic ring is 1. The molecule has 20 heavy (non-hydrogen) atoms. The van der Waals surface area contributed by atoms with Crippen molar-refractivity contribution < 1.29 is 4.79 Å². The van der Waals surface area contributed by atoms with Crippen molar-refractivity contribution in [3.05, 3.63) is 50.2 Å². The Labute approximate surface area is 134 Å². The van der Waals surface area contributed by atoms with Crippen LogP contribution in [0.5, 0.6) is 0 Å². The Hall–Kier alpha value is -1.40. The van der Waals surface area contributed by atoms with Crippen LogP contribution in [0, 0.1) is 13.8 Å². The largest absolute Gasteiger partial charge is 0.399 e.